The second-order valence-electron chi connectivity index (χ2n) is 15.6. The van der Waals surface area contributed by atoms with Crippen molar-refractivity contribution in [2.24, 2.45) is 22.7 Å². The number of phenols is 3. The van der Waals surface area contributed by atoms with Crippen LogP contribution in [0.2, 0.25) is 0 Å². The number of anilines is 3. The van der Waals surface area contributed by atoms with Gasteiger partial charge in [-0.1, -0.05) is 51.1 Å². The Kier molecular flexibility index (Phi) is 12.4. The number of rotatable bonds is 12. The van der Waals surface area contributed by atoms with E-state index >= 15 is 0 Å². The Morgan fingerprint density at radius 2 is 1.52 bits per heavy atom. The monoisotopic (exact) mass is 736 g/mol. The molecule has 2 fully saturated rings. The largest absolute Gasteiger partial charge is 0.508 e. The highest BCUT2D eigenvalue weighted by atomic mass is 16.5. The van der Waals surface area contributed by atoms with Crippen molar-refractivity contribution in [3.63, 3.8) is 0 Å². The number of amidine groups is 1. The Hall–Kier alpha value is -5.10. The predicted octanol–water partition coefficient (Wildman–Crippen LogP) is 7.28. The van der Waals surface area contributed by atoms with Crippen LogP contribution in [0.4, 0.5) is 17.6 Å². The maximum atomic E-state index is 9.59. The number of benzene rings is 2. The van der Waals surface area contributed by atoms with Crippen molar-refractivity contribution >= 4 is 23.4 Å². The van der Waals surface area contributed by atoms with Gasteiger partial charge >= 0.3 is 0 Å². The van der Waals surface area contributed by atoms with Gasteiger partial charge in [0.05, 0.1) is 18.8 Å². The van der Waals surface area contributed by atoms with E-state index in [0.29, 0.717) is 36.0 Å². The number of hydrogen-bond acceptors (Lipinski definition) is 12. The number of aromatic nitrogens is 3. The van der Waals surface area contributed by atoms with Crippen molar-refractivity contribution in [1.82, 2.24) is 20.0 Å². The first-order valence-corrected chi connectivity index (χ1v) is 19.2. The molecule has 5 N–H and O–H groups in total. The molecule has 3 aliphatic rings. The number of likely N-dealkylation sites (N-methyl/N-ethyl adjacent to an activating group) is 1. The molecule has 2 atom stereocenters. The van der Waals surface area contributed by atoms with Crippen LogP contribution in [0.3, 0.4) is 0 Å². The van der Waals surface area contributed by atoms with Gasteiger partial charge in [0, 0.05) is 38.3 Å². The fourth-order valence-electron chi connectivity index (χ4n) is 6.66. The number of hydrogen-bond donors (Lipinski definition) is 5. The average molecular weight is 737 g/mol. The molecule has 2 aromatic carbocycles. The molecule has 12 nitrogen and oxygen atoms in total. The summed E-state index contributed by atoms with van der Waals surface area (Å²) in [6, 6.07) is 14.8. The minimum absolute atomic E-state index is 0.0634. The van der Waals surface area contributed by atoms with Crippen molar-refractivity contribution in [2.75, 3.05) is 55.3 Å². The molecule has 7 rings (SSSR count). The van der Waals surface area contributed by atoms with E-state index < -0.39 is 0 Å². The molecule has 0 spiro atoms. The molecular weight excluding hydrogens is 681 g/mol. The van der Waals surface area contributed by atoms with Crippen molar-refractivity contribution in [3.8, 4) is 17.2 Å². The van der Waals surface area contributed by atoms with Crippen molar-refractivity contribution < 1.29 is 19.8 Å². The van der Waals surface area contributed by atoms with Gasteiger partial charge in [0.2, 0.25) is 5.95 Å². The molecular formula is C42H56N8O4. The second kappa shape index (κ2) is 17.4. The average Bonchev–Trinajstić information content (AvgIpc) is 3.69. The Morgan fingerprint density at radius 1 is 0.833 bits per heavy atom. The second-order valence-corrected chi connectivity index (χ2v) is 15.6. The SMILES string of the molecule is CC(C)c1cc(CNc2nc(NC3=NCC(C4CC4)=C3)cc(N3CCN(C)CC3)n2)on1.Cc1cc(C[C@H](C)[C@H](C)Cc2ccc(O)c(O)c2)ccc1O. The Labute approximate surface area is 319 Å². The van der Waals surface area contributed by atoms with Gasteiger partial charge in [-0.3, -0.25) is 4.99 Å². The van der Waals surface area contributed by atoms with E-state index in [1.165, 1.54) is 30.0 Å². The van der Waals surface area contributed by atoms with Gasteiger partial charge in [0.15, 0.2) is 17.3 Å². The predicted molar refractivity (Wildman–Crippen MR) is 215 cm³/mol. The van der Waals surface area contributed by atoms with Crippen LogP contribution in [0, 0.1) is 24.7 Å². The number of piperazine rings is 1. The molecule has 0 radical (unpaired) electrons. The number of phenolic OH excluding ortho intramolecular Hbond substituents is 3. The molecule has 12 heteroatoms. The van der Waals surface area contributed by atoms with Gasteiger partial charge < -0.3 is 40.3 Å². The lowest BCUT2D eigenvalue weighted by atomic mass is 9.85. The number of nitrogens with zero attached hydrogens (tertiary/aromatic N) is 6. The van der Waals surface area contributed by atoms with Crippen LogP contribution in [-0.2, 0) is 19.4 Å². The molecule has 0 amide bonds. The summed E-state index contributed by atoms with van der Waals surface area (Å²) in [6.45, 7) is 15.7. The van der Waals surface area contributed by atoms with Crippen LogP contribution in [0.5, 0.6) is 17.2 Å². The fourth-order valence-corrected chi connectivity index (χ4v) is 6.66. The molecule has 0 unspecified atom stereocenters. The molecule has 1 aliphatic carbocycles. The van der Waals surface area contributed by atoms with Crippen LogP contribution in [0.25, 0.3) is 0 Å². The van der Waals surface area contributed by atoms with Gasteiger partial charge in [0.25, 0.3) is 0 Å². The highest BCUT2D eigenvalue weighted by Gasteiger charge is 2.28. The smallest absolute Gasteiger partial charge is 0.227 e. The highest BCUT2D eigenvalue weighted by molar-refractivity contribution is 6.05. The lowest BCUT2D eigenvalue weighted by Gasteiger charge is -2.33. The summed E-state index contributed by atoms with van der Waals surface area (Å²) in [6.07, 6.45) is 6.58. The zero-order valence-electron chi connectivity index (χ0n) is 32.5. The lowest BCUT2D eigenvalue weighted by Crippen LogP contribution is -2.44. The van der Waals surface area contributed by atoms with E-state index in [-0.39, 0.29) is 11.5 Å². The highest BCUT2D eigenvalue weighted by Crippen LogP contribution is 2.38. The fraction of sp³-hybridized carbons (Fsp3) is 0.476. The molecule has 4 aromatic rings. The van der Waals surface area contributed by atoms with Gasteiger partial charge in [-0.15, -0.1) is 0 Å². The standard InChI is InChI=1S/C23H32N8O.C19H24O3/c1-15(2)19-11-18(32-29-19)14-25-23-27-21(26-20-10-17(13-24-20)16-4-5-16)12-22(28-23)31-8-6-30(3)7-9-31;1-12(8-15-4-6-17(20)14(3)10-15)13(2)9-16-5-7-18(21)19(22)11-16/h10-12,15-16H,4-9,13-14H2,1-3H3,(H2,24,25,26,27,28);4-7,10-13,20-22H,8-9H2,1-3H3/t;12-,13+/m.0/s1. The molecule has 54 heavy (non-hydrogen) atoms. The van der Waals surface area contributed by atoms with E-state index in [1.807, 2.05) is 37.3 Å². The Bertz CT molecular complexity index is 1890. The summed E-state index contributed by atoms with van der Waals surface area (Å²) in [5.41, 5.74) is 5.54. The normalized spacial score (nSPS) is 17.1. The number of aromatic hydroxyl groups is 3. The first-order valence-electron chi connectivity index (χ1n) is 19.2. The van der Waals surface area contributed by atoms with Crippen LogP contribution in [0.15, 0.2) is 69.7 Å². The molecule has 2 aliphatic heterocycles. The third-order valence-corrected chi connectivity index (χ3v) is 10.6. The zero-order valence-corrected chi connectivity index (χ0v) is 32.5. The van der Waals surface area contributed by atoms with Crippen molar-refractivity contribution in [3.05, 3.63) is 88.3 Å². The van der Waals surface area contributed by atoms with Crippen molar-refractivity contribution in [2.45, 2.75) is 72.8 Å². The quantitative estimate of drug-likeness (QED) is 0.0932. The van der Waals surface area contributed by atoms with E-state index in [4.69, 9.17) is 14.5 Å². The maximum absolute atomic E-state index is 9.59. The third kappa shape index (κ3) is 10.5. The van der Waals surface area contributed by atoms with Crippen LogP contribution < -0.4 is 15.5 Å². The molecule has 0 bridgehead atoms. The summed E-state index contributed by atoms with van der Waals surface area (Å²) >= 11 is 0. The number of aryl methyl sites for hydroxylation is 1. The zero-order chi connectivity index (χ0) is 38.4. The van der Waals surface area contributed by atoms with E-state index in [0.717, 1.165) is 91.5 Å². The topological polar surface area (TPSA) is 155 Å². The van der Waals surface area contributed by atoms with Crippen molar-refractivity contribution in [1.29, 1.82) is 0 Å². The lowest BCUT2D eigenvalue weighted by molar-refractivity contribution is 0.312. The summed E-state index contributed by atoms with van der Waals surface area (Å²) in [4.78, 5) is 18.8. The number of nitrogens with one attached hydrogen (secondary N) is 2. The third-order valence-electron chi connectivity index (χ3n) is 10.6. The van der Waals surface area contributed by atoms with Gasteiger partial charge in [0.1, 0.15) is 23.2 Å². The van der Waals surface area contributed by atoms with Gasteiger partial charge in [-0.25, -0.2) is 0 Å². The van der Waals surface area contributed by atoms with E-state index in [9.17, 15) is 15.3 Å². The first-order chi connectivity index (χ1) is 25.9. The maximum Gasteiger partial charge on any atom is 0.227 e. The molecule has 2 aromatic heterocycles. The molecule has 1 saturated heterocycles. The number of aliphatic imine (C=N–C) groups is 1. The van der Waals surface area contributed by atoms with E-state index in [1.54, 1.807) is 12.1 Å². The van der Waals surface area contributed by atoms with Gasteiger partial charge in [-0.2, -0.15) is 9.97 Å². The summed E-state index contributed by atoms with van der Waals surface area (Å²) in [5, 5.41) is 39.4. The minimum Gasteiger partial charge on any atom is -0.508 e. The van der Waals surface area contributed by atoms with E-state index in [2.05, 4.69) is 71.4 Å². The minimum atomic E-state index is -0.0796. The van der Waals surface area contributed by atoms with Crippen LogP contribution >= 0.6 is 0 Å². The molecule has 4 heterocycles. The van der Waals surface area contributed by atoms with Crippen LogP contribution in [-0.4, -0.2) is 81.0 Å². The first kappa shape index (κ1) is 38.6. The molecule has 288 valence electrons. The Balaban J connectivity index is 0.000000199. The summed E-state index contributed by atoms with van der Waals surface area (Å²) in [5.74, 6) is 6.08. The van der Waals surface area contributed by atoms with Gasteiger partial charge in [-0.05, 0) is 110 Å². The van der Waals surface area contributed by atoms with Crippen LogP contribution in [0.1, 0.15) is 74.6 Å². The summed E-state index contributed by atoms with van der Waals surface area (Å²) in [7, 11) is 2.15. The Morgan fingerprint density at radius 3 is 2.15 bits per heavy atom. The molecule has 1 saturated carbocycles. The summed E-state index contributed by atoms with van der Waals surface area (Å²) < 4.78 is 5.46.